The Bertz CT molecular complexity index is 698. The highest BCUT2D eigenvalue weighted by molar-refractivity contribution is 7.78. The first-order valence-corrected chi connectivity index (χ1v) is 7.65. The molecule has 3 rings (SSSR count). The number of amides is 2. The summed E-state index contributed by atoms with van der Waals surface area (Å²) in [4.78, 5) is 24.6. The van der Waals surface area contributed by atoms with Crippen LogP contribution in [0.4, 0.5) is 5.69 Å². The van der Waals surface area contributed by atoms with Gasteiger partial charge in [-0.15, -0.1) is 0 Å². The molecule has 0 bridgehead atoms. The predicted octanol–water partition coefficient (Wildman–Crippen LogP) is 1.61. The summed E-state index contributed by atoms with van der Waals surface area (Å²) in [7, 11) is 1.60. The van der Waals surface area contributed by atoms with Gasteiger partial charge in [0.1, 0.15) is 0 Å². The third kappa shape index (κ3) is 2.11. The molecule has 0 aromatic heterocycles. The number of carbonyl (C=O) groups excluding carboxylic acids is 2. The molecule has 0 radical (unpaired) electrons. The molecule has 1 unspecified atom stereocenters. The van der Waals surface area contributed by atoms with E-state index in [0.29, 0.717) is 24.8 Å². The van der Waals surface area contributed by atoms with Crippen molar-refractivity contribution in [2.24, 2.45) is 0 Å². The summed E-state index contributed by atoms with van der Waals surface area (Å²) in [5.41, 5.74) is 4.03. The molecule has 3 N–H and O–H groups in total. The van der Waals surface area contributed by atoms with Crippen molar-refractivity contribution in [1.82, 2.24) is 10.6 Å². The van der Waals surface area contributed by atoms with E-state index in [-0.39, 0.29) is 11.8 Å². The van der Waals surface area contributed by atoms with E-state index in [1.165, 1.54) is 5.49 Å². The molecule has 1 aliphatic heterocycles. The standard InChI is InChI=1S/C16H17N3O2S/c1-17-14(20)10-6-7-16(8-13(10)18-9-22)11-4-2-3-5-12(11)19-15(16)21/h2-5,9H,6-8H2,1H3,(H,17,20)(H,18,22)(H,19,21). The lowest BCUT2D eigenvalue weighted by molar-refractivity contribution is -0.122. The lowest BCUT2D eigenvalue weighted by atomic mass is 9.69. The van der Waals surface area contributed by atoms with Crippen LogP contribution >= 0.6 is 12.2 Å². The van der Waals surface area contributed by atoms with Gasteiger partial charge in [0, 0.05) is 30.4 Å². The van der Waals surface area contributed by atoms with Gasteiger partial charge in [0.15, 0.2) is 0 Å². The van der Waals surface area contributed by atoms with Crippen molar-refractivity contribution < 1.29 is 9.59 Å². The zero-order valence-electron chi connectivity index (χ0n) is 12.2. The summed E-state index contributed by atoms with van der Waals surface area (Å²) in [6.07, 6.45) is 1.60. The van der Waals surface area contributed by atoms with Crippen LogP contribution in [0.5, 0.6) is 0 Å². The van der Waals surface area contributed by atoms with Crippen LogP contribution in [0.2, 0.25) is 0 Å². The Morgan fingerprint density at radius 2 is 2.18 bits per heavy atom. The van der Waals surface area contributed by atoms with Crippen LogP contribution in [-0.2, 0) is 15.0 Å². The molecule has 6 heteroatoms. The number of hydrogen-bond donors (Lipinski definition) is 3. The number of para-hydroxylation sites is 1. The topological polar surface area (TPSA) is 70.2 Å². The van der Waals surface area contributed by atoms with Crippen LogP contribution in [0.15, 0.2) is 35.5 Å². The smallest absolute Gasteiger partial charge is 0.248 e. The minimum absolute atomic E-state index is 0.00618. The van der Waals surface area contributed by atoms with Crippen LogP contribution in [0.25, 0.3) is 0 Å². The molecule has 2 amide bonds. The van der Waals surface area contributed by atoms with Crippen molar-refractivity contribution in [3.63, 3.8) is 0 Å². The summed E-state index contributed by atoms with van der Waals surface area (Å²) < 4.78 is 0. The fraction of sp³-hybridized carbons (Fsp3) is 0.312. The van der Waals surface area contributed by atoms with Crippen molar-refractivity contribution >= 4 is 35.2 Å². The highest BCUT2D eigenvalue weighted by Crippen LogP contribution is 2.48. The maximum Gasteiger partial charge on any atom is 0.248 e. The first-order valence-electron chi connectivity index (χ1n) is 7.17. The molecule has 1 aliphatic carbocycles. The van der Waals surface area contributed by atoms with Gasteiger partial charge in [0.2, 0.25) is 11.8 Å². The lowest BCUT2D eigenvalue weighted by Gasteiger charge is -2.34. The van der Waals surface area contributed by atoms with Crippen LogP contribution in [0.1, 0.15) is 24.8 Å². The lowest BCUT2D eigenvalue weighted by Crippen LogP contribution is -2.41. The minimum atomic E-state index is -0.616. The van der Waals surface area contributed by atoms with Crippen LogP contribution < -0.4 is 16.0 Å². The van der Waals surface area contributed by atoms with Crippen molar-refractivity contribution in [3.8, 4) is 0 Å². The second-order valence-corrected chi connectivity index (χ2v) is 5.79. The van der Waals surface area contributed by atoms with E-state index in [0.717, 1.165) is 16.9 Å². The number of fused-ring (bicyclic) bond motifs is 2. The van der Waals surface area contributed by atoms with Gasteiger partial charge in [-0.3, -0.25) is 9.59 Å². The van der Waals surface area contributed by atoms with Gasteiger partial charge in [-0.2, -0.15) is 0 Å². The van der Waals surface area contributed by atoms with Crippen molar-refractivity contribution in [3.05, 3.63) is 41.1 Å². The molecule has 114 valence electrons. The van der Waals surface area contributed by atoms with E-state index in [2.05, 4.69) is 16.0 Å². The van der Waals surface area contributed by atoms with E-state index in [1.54, 1.807) is 7.05 Å². The van der Waals surface area contributed by atoms with Crippen molar-refractivity contribution in [1.29, 1.82) is 0 Å². The summed E-state index contributed by atoms with van der Waals surface area (Å²) in [6, 6.07) is 7.73. The summed E-state index contributed by atoms with van der Waals surface area (Å²) >= 11 is 4.88. The largest absolute Gasteiger partial charge is 0.356 e. The number of hydrogen-bond acceptors (Lipinski definition) is 3. The number of likely N-dealkylation sites (N-methyl/N-ethyl adjacent to an activating group) is 1. The Labute approximate surface area is 134 Å². The van der Waals surface area contributed by atoms with E-state index in [1.807, 2.05) is 24.3 Å². The normalized spacial score (nSPS) is 23.0. The maximum atomic E-state index is 12.6. The molecule has 22 heavy (non-hydrogen) atoms. The molecule has 0 saturated carbocycles. The molecule has 1 aromatic carbocycles. The average Bonchev–Trinajstić information content (AvgIpc) is 2.80. The van der Waals surface area contributed by atoms with E-state index in [9.17, 15) is 9.59 Å². The fourth-order valence-corrected chi connectivity index (χ4v) is 3.54. The van der Waals surface area contributed by atoms with Crippen LogP contribution in [-0.4, -0.2) is 24.4 Å². The number of carbonyl (C=O) groups is 2. The number of nitrogens with one attached hydrogen (secondary N) is 3. The predicted molar refractivity (Wildman–Crippen MR) is 88.5 cm³/mol. The number of anilines is 1. The molecular weight excluding hydrogens is 298 g/mol. The second kappa shape index (κ2) is 5.53. The van der Waals surface area contributed by atoms with E-state index >= 15 is 0 Å². The van der Waals surface area contributed by atoms with Crippen LogP contribution in [0, 0.1) is 0 Å². The maximum absolute atomic E-state index is 12.6. The summed E-state index contributed by atoms with van der Waals surface area (Å²) in [5, 5.41) is 8.58. The third-order valence-corrected chi connectivity index (χ3v) is 4.62. The number of rotatable bonds is 3. The van der Waals surface area contributed by atoms with Gasteiger partial charge < -0.3 is 16.0 Å². The van der Waals surface area contributed by atoms with Crippen molar-refractivity contribution in [2.45, 2.75) is 24.7 Å². The molecule has 1 spiro atoms. The van der Waals surface area contributed by atoms with Gasteiger partial charge in [0.25, 0.3) is 0 Å². The van der Waals surface area contributed by atoms with E-state index in [4.69, 9.17) is 12.2 Å². The molecule has 5 nitrogen and oxygen atoms in total. The highest BCUT2D eigenvalue weighted by atomic mass is 32.1. The first kappa shape index (κ1) is 14.7. The molecule has 1 aromatic rings. The molecule has 2 aliphatic rings. The molecule has 0 saturated heterocycles. The summed E-state index contributed by atoms with van der Waals surface area (Å²) in [6.45, 7) is 0. The van der Waals surface area contributed by atoms with Gasteiger partial charge in [-0.25, -0.2) is 0 Å². The zero-order chi connectivity index (χ0) is 15.7. The van der Waals surface area contributed by atoms with Gasteiger partial charge in [0.05, 0.1) is 10.9 Å². The van der Waals surface area contributed by atoms with Gasteiger partial charge >= 0.3 is 0 Å². The quantitative estimate of drug-likeness (QED) is 0.741. The fourth-order valence-electron chi connectivity index (χ4n) is 3.39. The minimum Gasteiger partial charge on any atom is -0.356 e. The van der Waals surface area contributed by atoms with Gasteiger partial charge in [-0.1, -0.05) is 30.4 Å². The highest BCUT2D eigenvalue weighted by Gasteiger charge is 2.49. The monoisotopic (exact) mass is 315 g/mol. The Kier molecular flexibility index (Phi) is 3.70. The van der Waals surface area contributed by atoms with Crippen molar-refractivity contribution in [2.75, 3.05) is 12.4 Å². The Morgan fingerprint density at radius 3 is 2.91 bits per heavy atom. The molecule has 1 heterocycles. The number of benzene rings is 1. The molecular formula is C16H17N3O2S. The number of thiocarbonyl (C=S) groups is 1. The first-order chi connectivity index (χ1) is 10.6. The SMILES string of the molecule is CNC(=O)C1=C(NC=S)CC2(CC1)C(=O)Nc1ccccc12. The third-order valence-electron chi connectivity index (χ3n) is 4.50. The molecule has 0 fully saturated rings. The van der Waals surface area contributed by atoms with Gasteiger partial charge in [-0.05, 0) is 24.5 Å². The summed E-state index contributed by atoms with van der Waals surface area (Å²) in [5.74, 6) is -0.130. The Morgan fingerprint density at radius 1 is 1.41 bits per heavy atom. The van der Waals surface area contributed by atoms with Crippen LogP contribution in [0.3, 0.4) is 0 Å². The Balaban J connectivity index is 2.06. The average molecular weight is 315 g/mol. The Hall–Kier alpha value is -2.21. The molecule has 1 atom stereocenters. The number of allylic oxidation sites excluding steroid dienone is 1. The zero-order valence-corrected chi connectivity index (χ0v) is 13.0. The second-order valence-electron chi connectivity index (χ2n) is 5.56. The van der Waals surface area contributed by atoms with E-state index < -0.39 is 5.41 Å².